The molecule has 7 heteroatoms. The average Bonchev–Trinajstić information content (AvgIpc) is 3.15. The van der Waals surface area contributed by atoms with E-state index in [1.165, 1.54) is 17.9 Å². The molecule has 116 valence electrons. The molecule has 2 aliphatic heterocycles. The van der Waals surface area contributed by atoms with Crippen LogP contribution in [-0.2, 0) is 0 Å². The Balaban J connectivity index is 1.46. The lowest BCUT2D eigenvalue weighted by Crippen LogP contribution is -2.43. The van der Waals surface area contributed by atoms with Gasteiger partial charge in [-0.3, -0.25) is 0 Å². The smallest absolute Gasteiger partial charge is 0.317 e. The van der Waals surface area contributed by atoms with Gasteiger partial charge in [0.2, 0.25) is 0 Å². The number of thioether (sulfide) groups is 1. The minimum atomic E-state index is 0.105. The summed E-state index contributed by atoms with van der Waals surface area (Å²) >= 11 is 3.66. The van der Waals surface area contributed by atoms with Gasteiger partial charge in [0.15, 0.2) is 5.13 Å². The SMILES string of the molecule is O=C(NCC1CCSC1)N1CCCN(c2nccs2)CC1. The van der Waals surface area contributed by atoms with Gasteiger partial charge < -0.3 is 15.1 Å². The molecule has 5 nitrogen and oxygen atoms in total. The van der Waals surface area contributed by atoms with E-state index in [9.17, 15) is 4.79 Å². The van der Waals surface area contributed by atoms with Crippen LogP contribution in [0.1, 0.15) is 12.8 Å². The highest BCUT2D eigenvalue weighted by Crippen LogP contribution is 2.22. The first-order chi connectivity index (χ1) is 10.3. The van der Waals surface area contributed by atoms with Crippen LogP contribution in [0.15, 0.2) is 11.6 Å². The normalized spacial score (nSPS) is 23.1. The standard InChI is InChI=1S/C14H22N4OS2/c19-13(16-10-12-2-8-20-11-12)17-4-1-5-18(7-6-17)14-15-3-9-21-14/h3,9,12H,1-2,4-8,10-11H2,(H,16,19). The summed E-state index contributed by atoms with van der Waals surface area (Å²) in [5.74, 6) is 3.10. The number of rotatable bonds is 3. The Hall–Kier alpha value is -0.950. The zero-order valence-corrected chi connectivity index (χ0v) is 13.8. The lowest BCUT2D eigenvalue weighted by molar-refractivity contribution is 0.200. The van der Waals surface area contributed by atoms with Crippen molar-refractivity contribution < 1.29 is 4.79 Å². The number of nitrogens with one attached hydrogen (secondary N) is 1. The maximum atomic E-state index is 12.3. The molecule has 0 saturated carbocycles. The molecule has 1 aromatic rings. The molecule has 1 unspecified atom stereocenters. The quantitative estimate of drug-likeness (QED) is 0.924. The number of aromatic nitrogens is 1. The largest absolute Gasteiger partial charge is 0.346 e. The molecule has 2 saturated heterocycles. The summed E-state index contributed by atoms with van der Waals surface area (Å²) in [6.45, 7) is 4.31. The number of hydrogen-bond acceptors (Lipinski definition) is 5. The van der Waals surface area contributed by atoms with E-state index in [1.807, 2.05) is 28.2 Å². The van der Waals surface area contributed by atoms with Gasteiger partial charge in [-0.2, -0.15) is 11.8 Å². The number of anilines is 1. The number of hydrogen-bond donors (Lipinski definition) is 1. The number of amides is 2. The minimum Gasteiger partial charge on any atom is -0.346 e. The van der Waals surface area contributed by atoms with E-state index >= 15 is 0 Å². The van der Waals surface area contributed by atoms with Crippen LogP contribution in [-0.4, -0.2) is 60.1 Å². The topological polar surface area (TPSA) is 48.5 Å². The Labute approximate surface area is 134 Å². The van der Waals surface area contributed by atoms with Gasteiger partial charge >= 0.3 is 6.03 Å². The summed E-state index contributed by atoms with van der Waals surface area (Å²) in [5, 5.41) is 6.19. The Morgan fingerprint density at radius 2 is 2.33 bits per heavy atom. The third-order valence-electron chi connectivity index (χ3n) is 4.04. The van der Waals surface area contributed by atoms with Crippen LogP contribution >= 0.6 is 23.1 Å². The molecule has 3 heterocycles. The van der Waals surface area contributed by atoms with Gasteiger partial charge in [-0.25, -0.2) is 9.78 Å². The van der Waals surface area contributed by atoms with Crippen molar-refractivity contribution in [1.82, 2.24) is 15.2 Å². The van der Waals surface area contributed by atoms with Crippen molar-refractivity contribution in [3.8, 4) is 0 Å². The Bertz CT molecular complexity index is 448. The van der Waals surface area contributed by atoms with Crippen LogP contribution in [0.3, 0.4) is 0 Å². The molecule has 0 spiro atoms. The van der Waals surface area contributed by atoms with E-state index in [-0.39, 0.29) is 6.03 Å². The maximum Gasteiger partial charge on any atom is 0.317 e. The minimum absolute atomic E-state index is 0.105. The Morgan fingerprint density at radius 3 is 3.10 bits per heavy atom. The summed E-state index contributed by atoms with van der Waals surface area (Å²) in [6, 6.07) is 0.105. The first kappa shape index (κ1) is 15.0. The number of carbonyl (C=O) groups is 1. The van der Waals surface area contributed by atoms with Gasteiger partial charge in [-0.1, -0.05) is 0 Å². The van der Waals surface area contributed by atoms with Gasteiger partial charge in [-0.15, -0.1) is 11.3 Å². The third-order valence-corrected chi connectivity index (χ3v) is 6.10. The van der Waals surface area contributed by atoms with Gasteiger partial charge in [-0.05, 0) is 30.3 Å². The molecule has 0 radical (unpaired) electrons. The summed E-state index contributed by atoms with van der Waals surface area (Å²) in [4.78, 5) is 20.9. The summed E-state index contributed by atoms with van der Waals surface area (Å²) in [6.07, 6.45) is 4.09. The predicted octanol–water partition coefficient (Wildman–Crippen LogP) is 2.12. The van der Waals surface area contributed by atoms with Crippen LogP contribution in [0.25, 0.3) is 0 Å². The fraction of sp³-hybridized carbons (Fsp3) is 0.714. The van der Waals surface area contributed by atoms with Crippen molar-refractivity contribution in [2.75, 3.05) is 49.1 Å². The number of thiazole rings is 1. The molecule has 1 atom stereocenters. The van der Waals surface area contributed by atoms with E-state index in [0.29, 0.717) is 5.92 Å². The van der Waals surface area contributed by atoms with Crippen molar-refractivity contribution in [2.45, 2.75) is 12.8 Å². The van der Waals surface area contributed by atoms with Gasteiger partial charge in [0.25, 0.3) is 0 Å². The summed E-state index contributed by atoms with van der Waals surface area (Å²) in [5.41, 5.74) is 0. The predicted molar refractivity (Wildman–Crippen MR) is 89.3 cm³/mol. The first-order valence-corrected chi connectivity index (χ1v) is 9.61. The van der Waals surface area contributed by atoms with Gasteiger partial charge in [0.1, 0.15) is 0 Å². The zero-order valence-electron chi connectivity index (χ0n) is 12.2. The average molecular weight is 326 g/mol. The molecule has 2 fully saturated rings. The van der Waals surface area contributed by atoms with E-state index < -0.39 is 0 Å². The van der Waals surface area contributed by atoms with Crippen LogP contribution < -0.4 is 10.2 Å². The molecule has 2 amide bonds. The van der Waals surface area contributed by atoms with Crippen molar-refractivity contribution in [2.24, 2.45) is 5.92 Å². The van der Waals surface area contributed by atoms with E-state index in [1.54, 1.807) is 11.3 Å². The monoisotopic (exact) mass is 326 g/mol. The molecular formula is C14H22N4OS2. The maximum absolute atomic E-state index is 12.3. The highest BCUT2D eigenvalue weighted by Gasteiger charge is 2.22. The van der Waals surface area contributed by atoms with E-state index in [4.69, 9.17) is 0 Å². The van der Waals surface area contributed by atoms with Crippen molar-refractivity contribution in [1.29, 1.82) is 0 Å². The molecule has 1 aromatic heterocycles. The Morgan fingerprint density at radius 1 is 1.38 bits per heavy atom. The zero-order chi connectivity index (χ0) is 14.5. The fourth-order valence-electron chi connectivity index (χ4n) is 2.77. The molecular weight excluding hydrogens is 304 g/mol. The highest BCUT2D eigenvalue weighted by atomic mass is 32.2. The number of urea groups is 1. The molecule has 2 aliphatic rings. The fourth-order valence-corrected chi connectivity index (χ4v) is 4.75. The third kappa shape index (κ3) is 4.03. The van der Waals surface area contributed by atoms with Crippen molar-refractivity contribution >= 4 is 34.3 Å². The second-order valence-corrected chi connectivity index (χ2v) is 7.58. The van der Waals surface area contributed by atoms with Crippen molar-refractivity contribution in [3.63, 3.8) is 0 Å². The van der Waals surface area contributed by atoms with E-state index in [2.05, 4.69) is 15.2 Å². The van der Waals surface area contributed by atoms with Gasteiger partial charge in [0, 0.05) is 44.3 Å². The molecule has 0 bridgehead atoms. The van der Waals surface area contributed by atoms with Crippen molar-refractivity contribution in [3.05, 3.63) is 11.6 Å². The molecule has 1 N–H and O–H groups in total. The summed E-state index contributed by atoms with van der Waals surface area (Å²) in [7, 11) is 0. The molecule has 3 rings (SSSR count). The van der Waals surface area contributed by atoms with Crippen LogP contribution in [0.5, 0.6) is 0 Å². The molecule has 0 aliphatic carbocycles. The second-order valence-electron chi connectivity index (χ2n) is 5.56. The lowest BCUT2D eigenvalue weighted by atomic mass is 10.1. The summed E-state index contributed by atoms with van der Waals surface area (Å²) < 4.78 is 0. The number of nitrogens with zero attached hydrogens (tertiary/aromatic N) is 3. The molecule has 0 aromatic carbocycles. The van der Waals surface area contributed by atoms with Gasteiger partial charge in [0.05, 0.1) is 0 Å². The first-order valence-electron chi connectivity index (χ1n) is 7.58. The second kappa shape index (κ2) is 7.35. The number of carbonyl (C=O) groups excluding carboxylic acids is 1. The highest BCUT2D eigenvalue weighted by molar-refractivity contribution is 7.99. The van der Waals surface area contributed by atoms with E-state index in [0.717, 1.165) is 44.3 Å². The Kier molecular flexibility index (Phi) is 5.24. The lowest BCUT2D eigenvalue weighted by Gasteiger charge is -2.22. The molecule has 21 heavy (non-hydrogen) atoms. The van der Waals surface area contributed by atoms with Crippen LogP contribution in [0, 0.1) is 5.92 Å². The van der Waals surface area contributed by atoms with Crippen LogP contribution in [0.2, 0.25) is 0 Å². The van der Waals surface area contributed by atoms with Crippen LogP contribution in [0.4, 0.5) is 9.93 Å².